The Hall–Kier alpha value is -2.77. The summed E-state index contributed by atoms with van der Waals surface area (Å²) in [6, 6.07) is 12.6. The van der Waals surface area contributed by atoms with Crippen LogP contribution in [0.15, 0.2) is 36.4 Å². The fourth-order valence-corrected chi connectivity index (χ4v) is 5.03. The fraction of sp³-hybridized carbons (Fsp3) is 0.483. The van der Waals surface area contributed by atoms with Gasteiger partial charge in [-0.25, -0.2) is 0 Å². The average Bonchev–Trinajstić information content (AvgIpc) is 3.57. The molecule has 2 aromatic carbocycles. The summed E-state index contributed by atoms with van der Waals surface area (Å²) >= 11 is 0. The quantitative estimate of drug-likeness (QED) is 0.599. The summed E-state index contributed by atoms with van der Waals surface area (Å²) in [5.41, 5.74) is 4.89. The van der Waals surface area contributed by atoms with Crippen LogP contribution in [0.3, 0.4) is 0 Å². The summed E-state index contributed by atoms with van der Waals surface area (Å²) in [6.07, 6.45) is 3.49. The zero-order valence-corrected chi connectivity index (χ0v) is 20.7. The van der Waals surface area contributed by atoms with E-state index in [1.54, 1.807) is 6.92 Å². The van der Waals surface area contributed by atoms with Gasteiger partial charge in [0.2, 0.25) is 0 Å². The zero-order chi connectivity index (χ0) is 24.0. The van der Waals surface area contributed by atoms with E-state index < -0.39 is 11.9 Å². The van der Waals surface area contributed by atoms with Crippen molar-refractivity contribution in [1.29, 1.82) is 0 Å². The summed E-state index contributed by atoms with van der Waals surface area (Å²) in [7, 11) is 2.20. The predicted octanol–water partition coefficient (Wildman–Crippen LogP) is 5.71. The zero-order valence-electron chi connectivity index (χ0n) is 20.7. The van der Waals surface area contributed by atoms with E-state index in [-0.39, 0.29) is 11.0 Å². The topological polar surface area (TPSA) is 49.8 Å². The molecule has 0 spiro atoms. The van der Waals surface area contributed by atoms with Crippen LogP contribution in [0, 0.1) is 11.8 Å². The summed E-state index contributed by atoms with van der Waals surface area (Å²) in [6.45, 7) is 11.5. The van der Waals surface area contributed by atoms with E-state index in [0.717, 1.165) is 35.4 Å². The Bertz CT molecular complexity index is 1110. The molecule has 1 fully saturated rings. The van der Waals surface area contributed by atoms with Crippen LogP contribution in [0.25, 0.3) is 0 Å². The molecule has 1 aliphatic heterocycles. The number of carboxylic acid groups (broad SMARTS) is 1. The lowest BCUT2D eigenvalue weighted by molar-refractivity contribution is -0.138. The summed E-state index contributed by atoms with van der Waals surface area (Å²) in [5.74, 6) is 6.32. The Morgan fingerprint density at radius 2 is 1.76 bits per heavy atom. The van der Waals surface area contributed by atoms with E-state index in [2.05, 4.69) is 63.6 Å². The molecule has 2 aliphatic rings. The standard InChI is InChI=1S/C29H35NO3/c1-19(27(31)32)22-11-9-20(10-12-22)7-8-21-15-23(17-30(6)24-13-14-24)26-25(16-21)28(2,3)18-29(4,5)33-26/h9-12,15-16,19,24H,13-14,17-18H2,1-6H3,(H,31,32). The first kappa shape index (κ1) is 23.4. The van der Waals surface area contributed by atoms with E-state index in [1.807, 2.05) is 24.3 Å². The van der Waals surface area contributed by atoms with Crippen LogP contribution in [0.2, 0.25) is 0 Å². The molecule has 1 unspecified atom stereocenters. The molecule has 4 nitrogen and oxygen atoms in total. The van der Waals surface area contributed by atoms with E-state index in [0.29, 0.717) is 6.04 Å². The SMILES string of the molecule is CC(C(=O)O)c1ccc(C#Cc2cc(CN(C)C3CC3)c3c(c2)C(C)(C)CC(C)(C)O3)cc1. The Morgan fingerprint density at radius 1 is 1.12 bits per heavy atom. The molecule has 0 radical (unpaired) electrons. The highest BCUT2D eigenvalue weighted by molar-refractivity contribution is 5.75. The molecule has 0 amide bonds. The molecule has 1 saturated carbocycles. The lowest BCUT2D eigenvalue weighted by atomic mass is 9.72. The molecule has 1 atom stereocenters. The maximum atomic E-state index is 11.2. The molecule has 1 heterocycles. The van der Waals surface area contributed by atoms with Crippen molar-refractivity contribution in [3.05, 3.63) is 64.2 Å². The highest BCUT2D eigenvalue weighted by atomic mass is 16.5. The Morgan fingerprint density at radius 3 is 2.36 bits per heavy atom. The van der Waals surface area contributed by atoms with Gasteiger partial charge in [0, 0.05) is 34.8 Å². The molecular weight excluding hydrogens is 410 g/mol. The minimum Gasteiger partial charge on any atom is -0.487 e. The van der Waals surface area contributed by atoms with Gasteiger partial charge in [0.15, 0.2) is 0 Å². The number of carbonyl (C=O) groups is 1. The third kappa shape index (κ3) is 5.25. The van der Waals surface area contributed by atoms with Gasteiger partial charge >= 0.3 is 5.97 Å². The number of benzene rings is 2. The van der Waals surface area contributed by atoms with Crippen LogP contribution >= 0.6 is 0 Å². The lowest BCUT2D eigenvalue weighted by Crippen LogP contribution is -2.42. The number of fused-ring (bicyclic) bond motifs is 1. The Labute approximate surface area is 198 Å². The van der Waals surface area contributed by atoms with Gasteiger partial charge in [-0.2, -0.15) is 0 Å². The molecule has 0 bridgehead atoms. The second-order valence-electron chi connectivity index (χ2n) is 11.0. The van der Waals surface area contributed by atoms with E-state index in [1.165, 1.54) is 24.0 Å². The summed E-state index contributed by atoms with van der Waals surface area (Å²) < 4.78 is 6.54. The third-order valence-corrected chi connectivity index (χ3v) is 6.86. The van der Waals surface area contributed by atoms with Crippen LogP contribution in [0.5, 0.6) is 5.75 Å². The molecule has 1 N–H and O–H groups in total. The second kappa shape index (κ2) is 8.54. The Balaban J connectivity index is 1.69. The maximum absolute atomic E-state index is 11.2. The molecule has 2 aromatic rings. The minimum atomic E-state index is -0.820. The van der Waals surface area contributed by atoms with Gasteiger partial charge in [-0.3, -0.25) is 9.69 Å². The molecule has 4 heteroatoms. The molecule has 1 aliphatic carbocycles. The molecule has 174 valence electrons. The fourth-order valence-electron chi connectivity index (χ4n) is 5.03. The lowest BCUT2D eigenvalue weighted by Gasteiger charge is -2.43. The monoisotopic (exact) mass is 445 g/mol. The van der Waals surface area contributed by atoms with E-state index >= 15 is 0 Å². The largest absolute Gasteiger partial charge is 0.487 e. The Kier molecular flexibility index (Phi) is 6.05. The van der Waals surface area contributed by atoms with Gasteiger partial charge in [-0.15, -0.1) is 0 Å². The van der Waals surface area contributed by atoms with Gasteiger partial charge in [0.05, 0.1) is 5.92 Å². The van der Waals surface area contributed by atoms with Crippen LogP contribution < -0.4 is 4.74 Å². The first-order valence-electron chi connectivity index (χ1n) is 11.9. The van der Waals surface area contributed by atoms with Gasteiger partial charge in [0.1, 0.15) is 11.4 Å². The van der Waals surface area contributed by atoms with E-state index in [4.69, 9.17) is 4.74 Å². The van der Waals surface area contributed by atoms with Crippen LogP contribution in [0.1, 0.15) is 87.6 Å². The van der Waals surface area contributed by atoms with E-state index in [9.17, 15) is 9.90 Å². The third-order valence-electron chi connectivity index (χ3n) is 6.86. The van der Waals surface area contributed by atoms with Crippen molar-refractivity contribution in [1.82, 2.24) is 4.90 Å². The maximum Gasteiger partial charge on any atom is 0.310 e. The normalized spacial score (nSPS) is 19.1. The van der Waals surface area contributed by atoms with Crippen molar-refractivity contribution in [2.75, 3.05) is 7.05 Å². The van der Waals surface area contributed by atoms with Crippen LogP contribution in [0.4, 0.5) is 0 Å². The first-order valence-corrected chi connectivity index (χ1v) is 11.9. The number of hydrogen-bond acceptors (Lipinski definition) is 3. The summed E-state index contributed by atoms with van der Waals surface area (Å²) in [4.78, 5) is 13.6. The summed E-state index contributed by atoms with van der Waals surface area (Å²) in [5, 5.41) is 9.21. The molecule has 0 saturated heterocycles. The smallest absolute Gasteiger partial charge is 0.310 e. The number of rotatable bonds is 5. The van der Waals surface area contributed by atoms with Crippen molar-refractivity contribution in [3.63, 3.8) is 0 Å². The predicted molar refractivity (Wildman–Crippen MR) is 132 cm³/mol. The average molecular weight is 446 g/mol. The highest BCUT2D eigenvalue weighted by Gasteiger charge is 2.40. The van der Waals surface area contributed by atoms with Crippen LogP contribution in [-0.4, -0.2) is 34.7 Å². The van der Waals surface area contributed by atoms with Crippen molar-refractivity contribution in [3.8, 4) is 17.6 Å². The van der Waals surface area contributed by atoms with Crippen molar-refractivity contribution in [2.24, 2.45) is 0 Å². The minimum absolute atomic E-state index is 0.00368. The number of hydrogen-bond donors (Lipinski definition) is 1. The van der Waals surface area contributed by atoms with Crippen molar-refractivity contribution in [2.45, 2.75) is 83.4 Å². The highest BCUT2D eigenvalue weighted by Crippen LogP contribution is 2.47. The van der Waals surface area contributed by atoms with Gasteiger partial charge in [0.25, 0.3) is 0 Å². The van der Waals surface area contributed by atoms with Crippen molar-refractivity contribution >= 4 is 5.97 Å². The van der Waals surface area contributed by atoms with Gasteiger partial charge < -0.3 is 9.84 Å². The second-order valence-corrected chi connectivity index (χ2v) is 11.0. The van der Waals surface area contributed by atoms with Crippen LogP contribution in [-0.2, 0) is 16.8 Å². The van der Waals surface area contributed by atoms with Crippen molar-refractivity contribution < 1.29 is 14.6 Å². The molecule has 0 aromatic heterocycles. The number of aliphatic carboxylic acids is 1. The first-order chi connectivity index (χ1) is 15.4. The number of nitrogens with zero attached hydrogens (tertiary/aromatic N) is 1. The molecule has 33 heavy (non-hydrogen) atoms. The number of ether oxygens (including phenoxy) is 1. The molecular formula is C29H35NO3. The number of carboxylic acids is 1. The molecule has 4 rings (SSSR count). The van der Waals surface area contributed by atoms with Gasteiger partial charge in [-0.05, 0) is 82.3 Å². The van der Waals surface area contributed by atoms with Gasteiger partial charge in [-0.1, -0.05) is 37.8 Å².